The van der Waals surface area contributed by atoms with Crippen LogP contribution in [-0.2, 0) is 9.53 Å². The van der Waals surface area contributed by atoms with Gasteiger partial charge in [-0.05, 0) is 31.5 Å². The average molecular weight is 261 g/mol. The lowest BCUT2D eigenvalue weighted by Crippen LogP contribution is -2.18. The molecule has 2 N–H and O–H groups in total. The van der Waals surface area contributed by atoms with Crippen LogP contribution in [-0.4, -0.2) is 30.8 Å². The largest absolute Gasteiger partial charge is 0.395 e. The van der Waals surface area contributed by atoms with E-state index in [0.717, 1.165) is 11.1 Å². The van der Waals surface area contributed by atoms with Crippen LogP contribution >= 0.6 is 0 Å². The first-order valence-corrected chi connectivity index (χ1v) is 6.25. The summed E-state index contributed by atoms with van der Waals surface area (Å²) in [6.45, 7) is 4.36. The van der Waals surface area contributed by atoms with Gasteiger partial charge in [0, 0.05) is 18.6 Å². The molecule has 19 heavy (non-hydrogen) atoms. The maximum Gasteiger partial charge on any atom is 0.250 e. The van der Waals surface area contributed by atoms with Gasteiger partial charge >= 0.3 is 0 Å². The van der Waals surface area contributed by atoms with Crippen LogP contribution in [0.3, 0.4) is 0 Å². The number of ether oxygens (including phenoxy) is 1. The van der Waals surface area contributed by atoms with E-state index in [-0.39, 0.29) is 19.1 Å². The molecule has 0 atom stereocenters. The minimum Gasteiger partial charge on any atom is -0.395 e. The number of carbonyl (C=O) groups excluding carboxylic acids is 1. The van der Waals surface area contributed by atoms with Crippen molar-refractivity contribution in [1.29, 1.82) is 0 Å². The van der Waals surface area contributed by atoms with E-state index >= 15 is 0 Å². The molecule has 0 fully saturated rings. The van der Waals surface area contributed by atoms with E-state index in [2.05, 4.69) is 17.2 Å². The van der Waals surface area contributed by atoms with E-state index < -0.39 is 0 Å². The molecule has 0 aliphatic rings. The molecule has 1 aromatic rings. The molecule has 4 heteroatoms. The van der Waals surface area contributed by atoms with Crippen LogP contribution in [0.2, 0.25) is 0 Å². The average Bonchev–Trinajstić information content (AvgIpc) is 2.39. The summed E-state index contributed by atoms with van der Waals surface area (Å²) in [5.41, 5.74) is 2.46. The standard InChI is InChI=1S/C15H19NO3/c1-3-19-11-15(18)16-14-10-12(2)7-8-13(14)6-4-5-9-17/h7-8,10,17H,3,5,9,11H2,1-2H3,(H,16,18). The molecule has 1 amide bonds. The number of carbonyl (C=O) groups is 1. The highest BCUT2D eigenvalue weighted by molar-refractivity contribution is 5.93. The topological polar surface area (TPSA) is 58.6 Å². The number of aliphatic hydroxyl groups is 1. The Morgan fingerprint density at radius 1 is 1.47 bits per heavy atom. The van der Waals surface area contributed by atoms with E-state index in [9.17, 15) is 4.79 Å². The number of hydrogen-bond donors (Lipinski definition) is 2. The normalized spacial score (nSPS) is 9.63. The zero-order valence-corrected chi connectivity index (χ0v) is 11.3. The molecule has 0 aromatic heterocycles. The van der Waals surface area contributed by atoms with Crippen LogP contribution in [0.4, 0.5) is 5.69 Å². The molecule has 0 unspecified atom stereocenters. The van der Waals surface area contributed by atoms with Gasteiger partial charge in [-0.25, -0.2) is 0 Å². The number of rotatable bonds is 5. The molecule has 1 aromatic carbocycles. The fourth-order valence-corrected chi connectivity index (χ4v) is 1.47. The molecule has 0 heterocycles. The van der Waals surface area contributed by atoms with E-state index in [4.69, 9.17) is 9.84 Å². The van der Waals surface area contributed by atoms with Crippen LogP contribution < -0.4 is 5.32 Å². The van der Waals surface area contributed by atoms with Crippen LogP contribution in [0, 0.1) is 18.8 Å². The van der Waals surface area contributed by atoms with Crippen molar-refractivity contribution >= 4 is 11.6 Å². The lowest BCUT2D eigenvalue weighted by molar-refractivity contribution is -0.120. The van der Waals surface area contributed by atoms with Crippen molar-refractivity contribution in [3.05, 3.63) is 29.3 Å². The molecular weight excluding hydrogens is 242 g/mol. The summed E-state index contributed by atoms with van der Waals surface area (Å²) in [6, 6.07) is 5.66. The molecule has 0 aliphatic heterocycles. The highest BCUT2D eigenvalue weighted by Crippen LogP contribution is 2.16. The summed E-state index contributed by atoms with van der Waals surface area (Å²) in [5.74, 6) is 5.59. The Labute approximate surface area is 113 Å². The van der Waals surface area contributed by atoms with Gasteiger partial charge in [0.15, 0.2) is 0 Å². The van der Waals surface area contributed by atoms with Gasteiger partial charge in [0.25, 0.3) is 0 Å². The lowest BCUT2D eigenvalue weighted by atomic mass is 10.1. The second-order valence-corrected chi connectivity index (χ2v) is 4.01. The fourth-order valence-electron chi connectivity index (χ4n) is 1.47. The molecule has 0 aliphatic carbocycles. The van der Waals surface area contributed by atoms with Gasteiger partial charge in [-0.3, -0.25) is 4.79 Å². The Balaban J connectivity index is 2.83. The predicted octanol–water partition coefficient (Wildman–Crippen LogP) is 1.70. The van der Waals surface area contributed by atoms with E-state index in [1.807, 2.05) is 32.0 Å². The second-order valence-electron chi connectivity index (χ2n) is 4.01. The molecule has 102 valence electrons. The third-order valence-electron chi connectivity index (χ3n) is 2.35. The van der Waals surface area contributed by atoms with Gasteiger partial charge in [0.1, 0.15) is 6.61 Å². The van der Waals surface area contributed by atoms with Gasteiger partial charge in [-0.1, -0.05) is 17.9 Å². The quantitative estimate of drug-likeness (QED) is 0.793. The number of nitrogens with one attached hydrogen (secondary N) is 1. The maximum absolute atomic E-state index is 11.6. The Kier molecular flexibility index (Phi) is 6.65. The van der Waals surface area contributed by atoms with E-state index in [1.54, 1.807) is 0 Å². The van der Waals surface area contributed by atoms with Gasteiger partial charge < -0.3 is 15.2 Å². The first-order chi connectivity index (χ1) is 9.17. The Morgan fingerprint density at radius 3 is 2.95 bits per heavy atom. The third-order valence-corrected chi connectivity index (χ3v) is 2.35. The van der Waals surface area contributed by atoms with Crippen LogP contribution in [0.15, 0.2) is 18.2 Å². The number of amides is 1. The Hall–Kier alpha value is -1.83. The first kappa shape index (κ1) is 15.2. The van der Waals surface area contributed by atoms with Crippen LogP contribution in [0.5, 0.6) is 0 Å². The maximum atomic E-state index is 11.6. The van der Waals surface area contributed by atoms with Crippen molar-refractivity contribution in [3.8, 4) is 11.8 Å². The summed E-state index contributed by atoms with van der Waals surface area (Å²) in [4.78, 5) is 11.6. The highest BCUT2D eigenvalue weighted by Gasteiger charge is 2.06. The van der Waals surface area contributed by atoms with Gasteiger partial charge in [-0.2, -0.15) is 0 Å². The number of aryl methyl sites for hydroxylation is 1. The summed E-state index contributed by atoms with van der Waals surface area (Å²) in [7, 11) is 0. The lowest BCUT2D eigenvalue weighted by Gasteiger charge is -2.08. The predicted molar refractivity (Wildman–Crippen MR) is 74.9 cm³/mol. The van der Waals surface area contributed by atoms with E-state index in [1.165, 1.54) is 0 Å². The third kappa shape index (κ3) is 5.56. The van der Waals surface area contributed by atoms with Crippen molar-refractivity contribution in [2.24, 2.45) is 0 Å². The SMILES string of the molecule is CCOCC(=O)Nc1cc(C)ccc1C#CCCO. The van der Waals surface area contributed by atoms with Crippen molar-refractivity contribution in [2.45, 2.75) is 20.3 Å². The van der Waals surface area contributed by atoms with E-state index in [0.29, 0.717) is 18.7 Å². The molecular formula is C15H19NO3. The van der Waals surface area contributed by atoms with Crippen molar-refractivity contribution < 1.29 is 14.6 Å². The van der Waals surface area contributed by atoms with Crippen molar-refractivity contribution in [1.82, 2.24) is 0 Å². The smallest absolute Gasteiger partial charge is 0.250 e. The summed E-state index contributed by atoms with van der Waals surface area (Å²) < 4.78 is 5.06. The van der Waals surface area contributed by atoms with Gasteiger partial charge in [0.05, 0.1) is 12.3 Å². The zero-order valence-electron chi connectivity index (χ0n) is 11.3. The van der Waals surface area contributed by atoms with Crippen LogP contribution in [0.25, 0.3) is 0 Å². The molecule has 1 rings (SSSR count). The summed E-state index contributed by atoms with van der Waals surface area (Å²) in [6.07, 6.45) is 0.417. The zero-order chi connectivity index (χ0) is 14.1. The minimum absolute atomic E-state index is 0.0326. The highest BCUT2D eigenvalue weighted by atomic mass is 16.5. The summed E-state index contributed by atoms with van der Waals surface area (Å²) in [5, 5.41) is 11.5. The summed E-state index contributed by atoms with van der Waals surface area (Å²) >= 11 is 0. The first-order valence-electron chi connectivity index (χ1n) is 6.25. The fraction of sp³-hybridized carbons (Fsp3) is 0.400. The Morgan fingerprint density at radius 2 is 2.26 bits per heavy atom. The Bertz CT molecular complexity index is 486. The monoisotopic (exact) mass is 261 g/mol. The molecule has 0 spiro atoms. The minimum atomic E-state index is -0.197. The molecule has 0 radical (unpaired) electrons. The molecule has 4 nitrogen and oxygen atoms in total. The van der Waals surface area contributed by atoms with Gasteiger partial charge in [-0.15, -0.1) is 0 Å². The number of hydrogen-bond acceptors (Lipinski definition) is 3. The number of aliphatic hydroxyl groups excluding tert-OH is 1. The van der Waals surface area contributed by atoms with Crippen molar-refractivity contribution in [3.63, 3.8) is 0 Å². The molecule has 0 saturated heterocycles. The van der Waals surface area contributed by atoms with Crippen LogP contribution in [0.1, 0.15) is 24.5 Å². The second kappa shape index (κ2) is 8.30. The molecule has 0 bridgehead atoms. The van der Waals surface area contributed by atoms with Crippen molar-refractivity contribution in [2.75, 3.05) is 25.1 Å². The number of benzene rings is 1. The molecule has 0 saturated carbocycles. The number of anilines is 1. The van der Waals surface area contributed by atoms with Gasteiger partial charge in [0.2, 0.25) is 5.91 Å².